The highest BCUT2D eigenvalue weighted by Crippen LogP contribution is 2.61. The molecule has 23 heavy (non-hydrogen) atoms. The SMILES string of the molecule is C=C(C(=O)O)C1CC2C(=C)CCC3OC(=O)C(=CC)C(C1)C32C. The van der Waals surface area contributed by atoms with Crippen LogP contribution in [0.2, 0.25) is 0 Å². The van der Waals surface area contributed by atoms with Crippen molar-refractivity contribution in [2.24, 2.45) is 23.2 Å². The predicted octanol–water partition coefficient (Wildman–Crippen LogP) is 3.50. The van der Waals surface area contributed by atoms with Crippen LogP contribution in [0.4, 0.5) is 0 Å². The van der Waals surface area contributed by atoms with Gasteiger partial charge in [-0.3, -0.25) is 0 Å². The molecule has 1 N–H and O–H groups in total. The molecule has 0 radical (unpaired) electrons. The van der Waals surface area contributed by atoms with Gasteiger partial charge in [0.1, 0.15) is 6.10 Å². The maximum absolute atomic E-state index is 12.4. The zero-order valence-corrected chi connectivity index (χ0v) is 13.8. The first-order valence-corrected chi connectivity index (χ1v) is 8.27. The number of carboxylic acids is 1. The van der Waals surface area contributed by atoms with Gasteiger partial charge >= 0.3 is 11.9 Å². The molecule has 5 atom stereocenters. The van der Waals surface area contributed by atoms with Crippen molar-refractivity contribution in [1.29, 1.82) is 0 Å². The number of carboxylic acid groups (broad SMARTS) is 1. The Labute approximate surface area is 136 Å². The van der Waals surface area contributed by atoms with Crippen molar-refractivity contribution < 1.29 is 19.4 Å². The van der Waals surface area contributed by atoms with Crippen LogP contribution in [0.3, 0.4) is 0 Å². The van der Waals surface area contributed by atoms with Crippen molar-refractivity contribution >= 4 is 11.9 Å². The van der Waals surface area contributed by atoms with Crippen LogP contribution in [0.1, 0.15) is 39.5 Å². The van der Waals surface area contributed by atoms with E-state index in [0.717, 1.165) is 24.8 Å². The Morgan fingerprint density at radius 3 is 2.65 bits per heavy atom. The molecule has 0 bridgehead atoms. The molecule has 4 nitrogen and oxygen atoms in total. The third-order valence-electron chi connectivity index (χ3n) is 6.40. The average Bonchev–Trinajstić information content (AvgIpc) is 2.50. The largest absolute Gasteiger partial charge is 0.478 e. The summed E-state index contributed by atoms with van der Waals surface area (Å²) in [6.07, 6.45) is 4.77. The molecule has 0 aromatic carbocycles. The number of allylic oxidation sites excluding steroid dienone is 2. The molecule has 2 saturated carbocycles. The van der Waals surface area contributed by atoms with Gasteiger partial charge < -0.3 is 9.84 Å². The molecule has 0 aromatic rings. The minimum atomic E-state index is -0.947. The van der Waals surface area contributed by atoms with Gasteiger partial charge in [-0.1, -0.05) is 31.7 Å². The van der Waals surface area contributed by atoms with Crippen LogP contribution in [0.25, 0.3) is 0 Å². The van der Waals surface area contributed by atoms with Crippen molar-refractivity contribution in [3.05, 3.63) is 36.0 Å². The lowest BCUT2D eigenvalue weighted by Gasteiger charge is -2.59. The van der Waals surface area contributed by atoms with Gasteiger partial charge in [-0.05, 0) is 44.4 Å². The molecule has 5 unspecified atom stereocenters. The molecule has 1 saturated heterocycles. The third kappa shape index (κ3) is 2.19. The van der Waals surface area contributed by atoms with Crippen molar-refractivity contribution in [3.8, 4) is 0 Å². The first kappa shape index (κ1) is 16.0. The van der Waals surface area contributed by atoms with Gasteiger partial charge in [-0.2, -0.15) is 0 Å². The molecule has 3 aliphatic rings. The Bertz CT molecular complexity index is 629. The average molecular weight is 316 g/mol. The number of carbonyl (C=O) groups excluding carboxylic acids is 1. The topological polar surface area (TPSA) is 63.6 Å². The molecule has 3 rings (SSSR count). The van der Waals surface area contributed by atoms with Gasteiger partial charge in [0.25, 0.3) is 0 Å². The number of aliphatic carboxylic acids is 1. The van der Waals surface area contributed by atoms with Crippen LogP contribution in [0.5, 0.6) is 0 Å². The zero-order chi connectivity index (χ0) is 16.9. The summed E-state index contributed by atoms with van der Waals surface area (Å²) in [5, 5.41) is 9.33. The number of carbonyl (C=O) groups is 2. The van der Waals surface area contributed by atoms with Crippen LogP contribution in [0.15, 0.2) is 36.0 Å². The highest BCUT2D eigenvalue weighted by atomic mass is 16.5. The van der Waals surface area contributed by atoms with Gasteiger partial charge in [-0.25, -0.2) is 9.59 Å². The van der Waals surface area contributed by atoms with Crippen LogP contribution >= 0.6 is 0 Å². The zero-order valence-electron chi connectivity index (χ0n) is 13.8. The Hall–Kier alpha value is -1.84. The van der Waals surface area contributed by atoms with E-state index in [1.165, 1.54) is 0 Å². The molecular weight excluding hydrogens is 292 g/mol. The van der Waals surface area contributed by atoms with Crippen molar-refractivity contribution in [2.75, 3.05) is 0 Å². The monoisotopic (exact) mass is 316 g/mol. The van der Waals surface area contributed by atoms with E-state index in [9.17, 15) is 14.7 Å². The predicted molar refractivity (Wildman–Crippen MR) is 86.6 cm³/mol. The quantitative estimate of drug-likeness (QED) is 0.481. The fraction of sp³-hybridized carbons (Fsp3) is 0.579. The molecule has 0 spiro atoms. The van der Waals surface area contributed by atoms with Gasteiger partial charge in [-0.15, -0.1) is 0 Å². The highest BCUT2D eigenvalue weighted by Gasteiger charge is 2.60. The minimum Gasteiger partial charge on any atom is -0.478 e. The maximum atomic E-state index is 12.4. The number of hydrogen-bond acceptors (Lipinski definition) is 3. The van der Waals surface area contributed by atoms with Crippen LogP contribution < -0.4 is 0 Å². The van der Waals surface area contributed by atoms with E-state index >= 15 is 0 Å². The fourth-order valence-electron chi connectivity index (χ4n) is 5.04. The van der Waals surface area contributed by atoms with Crippen molar-refractivity contribution in [3.63, 3.8) is 0 Å². The van der Waals surface area contributed by atoms with E-state index in [2.05, 4.69) is 20.1 Å². The highest BCUT2D eigenvalue weighted by molar-refractivity contribution is 5.91. The smallest absolute Gasteiger partial charge is 0.334 e. The molecule has 1 aliphatic heterocycles. The number of rotatable bonds is 2. The number of esters is 1. The number of ether oxygens (including phenoxy) is 1. The molecule has 1 heterocycles. The van der Waals surface area contributed by atoms with E-state index in [4.69, 9.17) is 4.74 Å². The van der Waals surface area contributed by atoms with E-state index in [1.807, 2.05) is 13.0 Å². The van der Waals surface area contributed by atoms with Crippen LogP contribution in [-0.2, 0) is 14.3 Å². The van der Waals surface area contributed by atoms with E-state index in [-0.39, 0.29) is 40.8 Å². The van der Waals surface area contributed by atoms with E-state index in [0.29, 0.717) is 12.0 Å². The normalized spacial score (nSPS) is 41.2. The molecule has 3 fully saturated rings. The molecule has 2 aliphatic carbocycles. The standard InChI is InChI=1S/C19H24O4/c1-5-13-15-9-12(11(3)17(20)21)8-14-10(2)6-7-16(19(14,15)4)23-18(13)22/h5,12,14-16H,2-3,6-9H2,1,4H3,(H,20,21). The molecule has 0 aromatic heterocycles. The van der Waals surface area contributed by atoms with Gasteiger partial charge in [0.15, 0.2) is 0 Å². The lowest BCUT2D eigenvalue weighted by atomic mass is 9.48. The molecule has 124 valence electrons. The first-order valence-electron chi connectivity index (χ1n) is 8.27. The Balaban J connectivity index is 2.06. The van der Waals surface area contributed by atoms with E-state index < -0.39 is 5.97 Å². The summed E-state index contributed by atoms with van der Waals surface area (Å²) >= 11 is 0. The van der Waals surface area contributed by atoms with Gasteiger partial charge in [0.05, 0.1) is 0 Å². The van der Waals surface area contributed by atoms with Crippen LogP contribution in [-0.4, -0.2) is 23.1 Å². The number of hydrogen-bond donors (Lipinski definition) is 1. The van der Waals surface area contributed by atoms with Crippen molar-refractivity contribution in [1.82, 2.24) is 0 Å². The van der Waals surface area contributed by atoms with Crippen molar-refractivity contribution in [2.45, 2.75) is 45.6 Å². The Morgan fingerprint density at radius 2 is 2.04 bits per heavy atom. The second-order valence-electron chi connectivity index (χ2n) is 7.30. The summed E-state index contributed by atoms with van der Waals surface area (Å²) in [7, 11) is 0. The van der Waals surface area contributed by atoms with E-state index in [1.54, 1.807) is 0 Å². The summed E-state index contributed by atoms with van der Waals surface area (Å²) in [5.41, 5.74) is 1.91. The lowest BCUT2D eigenvalue weighted by molar-refractivity contribution is -0.178. The fourth-order valence-corrected chi connectivity index (χ4v) is 5.04. The van der Waals surface area contributed by atoms with Gasteiger partial charge in [0.2, 0.25) is 0 Å². The summed E-state index contributed by atoms with van der Waals surface area (Å²) in [4.78, 5) is 23.7. The van der Waals surface area contributed by atoms with Crippen LogP contribution in [0, 0.1) is 23.2 Å². The summed E-state index contributed by atoms with van der Waals surface area (Å²) in [6.45, 7) is 12.1. The molecule has 0 amide bonds. The molecule has 4 heteroatoms. The first-order chi connectivity index (χ1) is 10.8. The second kappa shape index (κ2) is 5.36. The minimum absolute atomic E-state index is 0.00986. The summed E-state index contributed by atoms with van der Waals surface area (Å²) in [5.74, 6) is -1.13. The third-order valence-corrected chi connectivity index (χ3v) is 6.40. The lowest BCUT2D eigenvalue weighted by Crippen LogP contribution is -2.58. The molecular formula is C19H24O4. The second-order valence-corrected chi connectivity index (χ2v) is 7.30. The summed E-state index contributed by atoms with van der Waals surface area (Å²) < 4.78 is 5.74. The Morgan fingerprint density at radius 1 is 1.39 bits per heavy atom. The maximum Gasteiger partial charge on any atom is 0.334 e. The Kier molecular flexibility index (Phi) is 3.74. The summed E-state index contributed by atoms with van der Waals surface area (Å²) in [6, 6.07) is 0. The van der Waals surface area contributed by atoms with Gasteiger partial charge in [0, 0.05) is 22.5 Å².